The van der Waals surface area contributed by atoms with Gasteiger partial charge in [-0.05, 0) is 50.2 Å². The molecular weight excluding hydrogens is 302 g/mol. The van der Waals surface area contributed by atoms with Gasteiger partial charge >= 0.3 is 0 Å². The number of para-hydroxylation sites is 1. The predicted molar refractivity (Wildman–Crippen MR) is 105 cm³/mol. The zero-order valence-electron chi connectivity index (χ0n) is 14.6. The van der Waals surface area contributed by atoms with E-state index in [2.05, 4.69) is 68.7 Å². The van der Waals surface area contributed by atoms with Gasteiger partial charge in [0.25, 0.3) is 0 Å². The van der Waals surface area contributed by atoms with Crippen molar-refractivity contribution < 1.29 is 0 Å². The van der Waals surface area contributed by atoms with Gasteiger partial charge in [-0.15, -0.1) is 11.8 Å². The summed E-state index contributed by atoms with van der Waals surface area (Å²) < 4.78 is 0. The van der Waals surface area contributed by atoms with Crippen LogP contribution in [-0.4, -0.2) is 18.4 Å². The molecule has 1 aliphatic carbocycles. The average Bonchev–Trinajstić information content (AvgIpc) is 2.47. The first-order valence-electron chi connectivity index (χ1n) is 8.72. The maximum absolute atomic E-state index is 4.98. The number of aliphatic imine (C=N–C) groups is 1. The molecule has 1 saturated carbocycles. The third-order valence-corrected chi connectivity index (χ3v) is 7.49. The quantitative estimate of drug-likeness (QED) is 0.329. The summed E-state index contributed by atoms with van der Waals surface area (Å²) in [5.74, 6) is 0.924. The average molecular weight is 334 g/mol. The molecule has 3 heteroatoms. The van der Waals surface area contributed by atoms with Crippen LogP contribution in [0.25, 0.3) is 0 Å². The van der Waals surface area contributed by atoms with Crippen LogP contribution in [0.5, 0.6) is 0 Å². The van der Waals surface area contributed by atoms with Crippen molar-refractivity contribution >= 4 is 30.6 Å². The van der Waals surface area contributed by atoms with Crippen molar-refractivity contribution in [1.82, 2.24) is 0 Å². The standard InChI is InChI=1S/C19H31NSSi/c1-16-10-12-18(13-11-16)21-19(14-15-22(2,3)4)20-17-8-6-5-7-9-17/h5-9,16,18H,10-15H2,1-4H3. The van der Waals surface area contributed by atoms with Gasteiger partial charge in [-0.25, -0.2) is 4.99 Å². The molecule has 0 atom stereocenters. The van der Waals surface area contributed by atoms with E-state index in [0.717, 1.165) is 16.9 Å². The van der Waals surface area contributed by atoms with Crippen LogP contribution in [0.15, 0.2) is 35.3 Å². The third kappa shape index (κ3) is 6.70. The van der Waals surface area contributed by atoms with Gasteiger partial charge in [0.05, 0.1) is 10.7 Å². The largest absolute Gasteiger partial charge is 0.247 e. The molecule has 1 aromatic rings. The van der Waals surface area contributed by atoms with E-state index >= 15 is 0 Å². The molecule has 0 bridgehead atoms. The van der Waals surface area contributed by atoms with E-state index in [4.69, 9.17) is 4.99 Å². The van der Waals surface area contributed by atoms with Crippen molar-refractivity contribution in [3.63, 3.8) is 0 Å². The summed E-state index contributed by atoms with van der Waals surface area (Å²) >= 11 is 2.08. The Morgan fingerprint density at radius 3 is 2.32 bits per heavy atom. The first-order valence-corrected chi connectivity index (χ1v) is 13.3. The molecule has 0 aliphatic heterocycles. The first-order chi connectivity index (χ1) is 10.4. The number of nitrogens with zero attached hydrogens (tertiary/aromatic N) is 1. The van der Waals surface area contributed by atoms with Gasteiger partial charge in [0.2, 0.25) is 0 Å². The Bertz CT molecular complexity index is 470. The second-order valence-corrected chi connectivity index (χ2v) is 14.9. The third-order valence-electron chi connectivity index (χ3n) is 4.36. The molecule has 0 N–H and O–H groups in total. The van der Waals surface area contributed by atoms with Gasteiger partial charge in [0.1, 0.15) is 0 Å². The van der Waals surface area contributed by atoms with E-state index in [1.807, 2.05) is 0 Å². The summed E-state index contributed by atoms with van der Waals surface area (Å²) in [4.78, 5) is 4.98. The summed E-state index contributed by atoms with van der Waals surface area (Å²) in [6.07, 6.45) is 6.69. The minimum absolute atomic E-state index is 0.792. The molecule has 0 saturated heterocycles. The summed E-state index contributed by atoms with van der Waals surface area (Å²) in [6.45, 7) is 9.77. The van der Waals surface area contributed by atoms with E-state index in [0.29, 0.717) is 0 Å². The van der Waals surface area contributed by atoms with Crippen molar-refractivity contribution in [3.05, 3.63) is 30.3 Å². The highest BCUT2D eigenvalue weighted by molar-refractivity contribution is 8.14. The lowest BCUT2D eigenvalue weighted by Crippen LogP contribution is -2.21. The van der Waals surface area contributed by atoms with E-state index in [9.17, 15) is 0 Å². The molecule has 1 nitrogen and oxygen atoms in total. The summed E-state index contributed by atoms with van der Waals surface area (Å²) in [5, 5.41) is 2.16. The molecule has 0 unspecified atom stereocenters. The lowest BCUT2D eigenvalue weighted by atomic mass is 9.91. The highest BCUT2D eigenvalue weighted by Crippen LogP contribution is 2.34. The Morgan fingerprint density at radius 1 is 1.09 bits per heavy atom. The molecule has 2 rings (SSSR count). The molecule has 1 aromatic carbocycles. The molecule has 0 heterocycles. The summed E-state index contributed by atoms with van der Waals surface area (Å²) in [6, 6.07) is 11.8. The molecule has 0 aromatic heterocycles. The summed E-state index contributed by atoms with van der Waals surface area (Å²) in [5.41, 5.74) is 1.12. The number of benzene rings is 1. The molecule has 122 valence electrons. The van der Waals surface area contributed by atoms with Gasteiger partial charge < -0.3 is 0 Å². The SMILES string of the molecule is CC1CCC(SC(CC[Si](C)(C)C)=Nc2ccccc2)CC1. The molecule has 1 aliphatic rings. The van der Waals surface area contributed by atoms with Crippen LogP contribution < -0.4 is 0 Å². The second kappa shape index (κ2) is 8.35. The van der Waals surface area contributed by atoms with Gasteiger partial charge in [0, 0.05) is 13.3 Å². The topological polar surface area (TPSA) is 12.4 Å². The van der Waals surface area contributed by atoms with Crippen LogP contribution >= 0.6 is 11.8 Å². The van der Waals surface area contributed by atoms with Crippen LogP contribution in [0.1, 0.15) is 39.0 Å². The number of thioether (sulfide) groups is 1. The lowest BCUT2D eigenvalue weighted by molar-refractivity contribution is 0.394. The fourth-order valence-corrected chi connectivity index (χ4v) is 5.25. The van der Waals surface area contributed by atoms with Gasteiger partial charge in [0.15, 0.2) is 0 Å². The normalized spacial score (nSPS) is 23.5. The van der Waals surface area contributed by atoms with Gasteiger partial charge in [-0.2, -0.15) is 0 Å². The van der Waals surface area contributed by atoms with Crippen molar-refractivity contribution in [3.8, 4) is 0 Å². The van der Waals surface area contributed by atoms with Crippen LogP contribution in [0.4, 0.5) is 5.69 Å². The van der Waals surface area contributed by atoms with Crippen molar-refractivity contribution in [2.24, 2.45) is 10.9 Å². The van der Waals surface area contributed by atoms with E-state index in [1.165, 1.54) is 43.2 Å². The van der Waals surface area contributed by atoms with E-state index in [-0.39, 0.29) is 0 Å². The second-order valence-electron chi connectivity index (χ2n) is 7.90. The predicted octanol–water partition coefficient (Wildman–Crippen LogP) is 6.76. The minimum Gasteiger partial charge on any atom is -0.247 e. The molecule has 0 spiro atoms. The van der Waals surface area contributed by atoms with Gasteiger partial charge in [-0.1, -0.05) is 50.8 Å². The fraction of sp³-hybridized carbons (Fsp3) is 0.632. The molecule has 22 heavy (non-hydrogen) atoms. The molecule has 1 fully saturated rings. The van der Waals surface area contributed by atoms with E-state index < -0.39 is 8.07 Å². The van der Waals surface area contributed by atoms with E-state index in [1.54, 1.807) is 0 Å². The van der Waals surface area contributed by atoms with Crippen LogP contribution in [0.3, 0.4) is 0 Å². The zero-order chi connectivity index (χ0) is 16.0. The fourth-order valence-electron chi connectivity index (χ4n) is 2.81. The smallest absolute Gasteiger partial charge is 0.0738 e. The van der Waals surface area contributed by atoms with Crippen molar-refractivity contribution in [2.75, 3.05) is 0 Å². The van der Waals surface area contributed by atoms with Crippen LogP contribution in [0.2, 0.25) is 25.7 Å². The highest BCUT2D eigenvalue weighted by atomic mass is 32.2. The number of hydrogen-bond donors (Lipinski definition) is 0. The monoisotopic (exact) mass is 333 g/mol. The zero-order valence-corrected chi connectivity index (χ0v) is 16.5. The van der Waals surface area contributed by atoms with Crippen molar-refractivity contribution in [1.29, 1.82) is 0 Å². The minimum atomic E-state index is -1.01. The first kappa shape index (κ1) is 17.8. The molecular formula is C19H31NSSi. The Kier molecular flexibility index (Phi) is 6.76. The lowest BCUT2D eigenvalue weighted by Gasteiger charge is -2.26. The Balaban J connectivity index is 2.02. The molecule has 0 amide bonds. The van der Waals surface area contributed by atoms with Crippen molar-refractivity contribution in [2.45, 2.75) is 70.0 Å². The number of rotatable bonds is 5. The van der Waals surface area contributed by atoms with Crippen LogP contribution in [-0.2, 0) is 0 Å². The maximum Gasteiger partial charge on any atom is 0.0738 e. The Morgan fingerprint density at radius 2 is 1.73 bits per heavy atom. The maximum atomic E-state index is 4.98. The molecule has 0 radical (unpaired) electrons. The highest BCUT2D eigenvalue weighted by Gasteiger charge is 2.22. The Labute approximate surface area is 142 Å². The Hall–Kier alpha value is -0.543. The van der Waals surface area contributed by atoms with Gasteiger partial charge in [-0.3, -0.25) is 0 Å². The summed E-state index contributed by atoms with van der Waals surface area (Å²) in [7, 11) is -1.01. The van der Waals surface area contributed by atoms with Crippen LogP contribution in [0, 0.1) is 5.92 Å². The number of hydrogen-bond acceptors (Lipinski definition) is 2.